The molecule has 0 saturated carbocycles. The number of hydrogen-bond donors (Lipinski definition) is 1. The van der Waals surface area contributed by atoms with Crippen molar-refractivity contribution in [3.8, 4) is 0 Å². The Balaban J connectivity index is 2.26. The number of anilines is 2. The number of nitrogens with one attached hydrogen (secondary N) is 1. The maximum Gasteiger partial charge on any atom is 0.257 e. The first-order chi connectivity index (χ1) is 12.7. The Kier molecular flexibility index (Phi) is 6.86. The van der Waals surface area contributed by atoms with Crippen LogP contribution in [0.4, 0.5) is 11.4 Å². The first-order valence-corrected chi connectivity index (χ1v) is 10.4. The van der Waals surface area contributed by atoms with Gasteiger partial charge in [-0.3, -0.25) is 4.79 Å². The highest BCUT2D eigenvalue weighted by atomic mass is 35.5. The molecule has 1 N–H and O–H groups in total. The molecule has 0 saturated heterocycles. The van der Waals surface area contributed by atoms with E-state index in [2.05, 4.69) is 24.1 Å². The highest BCUT2D eigenvalue weighted by molar-refractivity contribution is 7.89. The monoisotopic (exact) mass is 409 g/mol. The van der Waals surface area contributed by atoms with E-state index in [0.717, 1.165) is 23.1 Å². The zero-order valence-electron chi connectivity index (χ0n) is 15.9. The lowest BCUT2D eigenvalue weighted by Crippen LogP contribution is -2.23. The minimum atomic E-state index is -3.65. The maximum absolute atomic E-state index is 12.6. The molecule has 0 aliphatic carbocycles. The summed E-state index contributed by atoms with van der Waals surface area (Å²) in [7, 11) is -0.791. The van der Waals surface area contributed by atoms with Gasteiger partial charge in [0.25, 0.3) is 5.91 Å². The lowest BCUT2D eigenvalue weighted by Gasteiger charge is -2.21. The van der Waals surface area contributed by atoms with Gasteiger partial charge in [0.1, 0.15) is 0 Å². The zero-order valence-corrected chi connectivity index (χ0v) is 17.4. The highest BCUT2D eigenvalue weighted by Crippen LogP contribution is 2.24. The molecule has 0 aromatic heterocycles. The third-order valence-corrected chi connectivity index (χ3v) is 6.36. The summed E-state index contributed by atoms with van der Waals surface area (Å²) in [4.78, 5) is 14.8. The SMILES string of the molecule is CCN(CC)c1ccc(NC(=O)c2cc(S(=O)(=O)N(C)C)ccc2Cl)cc1. The van der Waals surface area contributed by atoms with Gasteiger partial charge in [-0.15, -0.1) is 0 Å². The van der Waals surface area contributed by atoms with E-state index in [-0.39, 0.29) is 15.5 Å². The minimum absolute atomic E-state index is 0.0129. The summed E-state index contributed by atoms with van der Waals surface area (Å²) in [6.07, 6.45) is 0. The van der Waals surface area contributed by atoms with E-state index in [4.69, 9.17) is 11.6 Å². The molecule has 6 nitrogen and oxygen atoms in total. The number of benzene rings is 2. The Morgan fingerprint density at radius 2 is 1.63 bits per heavy atom. The number of nitrogens with zero attached hydrogens (tertiary/aromatic N) is 2. The Morgan fingerprint density at radius 1 is 1.04 bits per heavy atom. The largest absolute Gasteiger partial charge is 0.372 e. The first-order valence-electron chi connectivity index (χ1n) is 8.59. The molecule has 2 aromatic carbocycles. The molecule has 2 rings (SSSR count). The lowest BCUT2D eigenvalue weighted by atomic mass is 10.2. The molecule has 0 radical (unpaired) electrons. The minimum Gasteiger partial charge on any atom is -0.372 e. The molecular formula is C19H24ClN3O3S. The molecule has 0 fully saturated rings. The normalized spacial score (nSPS) is 11.5. The van der Waals surface area contributed by atoms with E-state index in [0.29, 0.717) is 5.69 Å². The van der Waals surface area contributed by atoms with Crippen molar-refractivity contribution in [2.75, 3.05) is 37.4 Å². The fourth-order valence-corrected chi connectivity index (χ4v) is 3.72. The Labute approximate surface area is 165 Å². The lowest BCUT2D eigenvalue weighted by molar-refractivity contribution is 0.102. The summed E-state index contributed by atoms with van der Waals surface area (Å²) in [6, 6.07) is 11.6. The number of amides is 1. The van der Waals surface area contributed by atoms with Crippen LogP contribution in [0.25, 0.3) is 0 Å². The first kappa shape index (κ1) is 21.2. The van der Waals surface area contributed by atoms with Gasteiger partial charge in [-0.05, 0) is 56.3 Å². The van der Waals surface area contributed by atoms with Gasteiger partial charge in [0.2, 0.25) is 10.0 Å². The van der Waals surface area contributed by atoms with Gasteiger partial charge in [0, 0.05) is 38.6 Å². The topological polar surface area (TPSA) is 69.7 Å². The predicted molar refractivity (Wildman–Crippen MR) is 110 cm³/mol. The van der Waals surface area contributed by atoms with Gasteiger partial charge in [-0.25, -0.2) is 12.7 Å². The number of sulfonamides is 1. The van der Waals surface area contributed by atoms with Crippen molar-refractivity contribution in [2.24, 2.45) is 0 Å². The van der Waals surface area contributed by atoms with Crippen LogP contribution in [0.2, 0.25) is 5.02 Å². The van der Waals surface area contributed by atoms with Gasteiger partial charge in [-0.1, -0.05) is 11.6 Å². The molecule has 0 aliphatic heterocycles. The van der Waals surface area contributed by atoms with Crippen molar-refractivity contribution in [1.82, 2.24) is 4.31 Å². The van der Waals surface area contributed by atoms with Gasteiger partial charge in [0.15, 0.2) is 0 Å². The molecular weight excluding hydrogens is 386 g/mol. The number of carbonyl (C=O) groups is 1. The van der Waals surface area contributed by atoms with Crippen molar-refractivity contribution in [3.05, 3.63) is 53.1 Å². The third-order valence-electron chi connectivity index (χ3n) is 4.21. The standard InChI is InChI=1S/C19H24ClN3O3S/c1-5-23(6-2)15-9-7-14(8-10-15)21-19(24)17-13-16(11-12-18(17)20)27(25,26)22(3)4/h7-13H,5-6H2,1-4H3,(H,21,24). The number of hydrogen-bond acceptors (Lipinski definition) is 4. The van der Waals surface area contributed by atoms with Gasteiger partial charge in [0.05, 0.1) is 15.5 Å². The fraction of sp³-hybridized carbons (Fsp3) is 0.316. The number of rotatable bonds is 7. The molecule has 0 aliphatic rings. The van der Waals surface area contributed by atoms with Crippen LogP contribution < -0.4 is 10.2 Å². The highest BCUT2D eigenvalue weighted by Gasteiger charge is 2.21. The molecule has 146 valence electrons. The summed E-state index contributed by atoms with van der Waals surface area (Å²) >= 11 is 6.12. The second kappa shape index (κ2) is 8.73. The van der Waals surface area contributed by atoms with Gasteiger partial charge < -0.3 is 10.2 Å². The summed E-state index contributed by atoms with van der Waals surface area (Å²) < 4.78 is 25.6. The summed E-state index contributed by atoms with van der Waals surface area (Å²) in [5.41, 5.74) is 1.77. The van der Waals surface area contributed by atoms with Crippen molar-refractivity contribution >= 4 is 38.9 Å². The molecule has 0 unspecified atom stereocenters. The summed E-state index contributed by atoms with van der Waals surface area (Å²) in [6.45, 7) is 5.95. The maximum atomic E-state index is 12.6. The van der Waals surface area contributed by atoms with Crippen LogP contribution in [-0.2, 0) is 10.0 Å². The van der Waals surface area contributed by atoms with Gasteiger partial charge in [-0.2, -0.15) is 0 Å². The second-order valence-electron chi connectivity index (χ2n) is 6.10. The molecule has 8 heteroatoms. The third kappa shape index (κ3) is 4.80. The van der Waals surface area contributed by atoms with Crippen LogP contribution in [0.5, 0.6) is 0 Å². The smallest absolute Gasteiger partial charge is 0.257 e. The molecule has 2 aromatic rings. The Bertz CT molecular complexity index is 908. The van der Waals surface area contributed by atoms with E-state index in [9.17, 15) is 13.2 Å². The molecule has 27 heavy (non-hydrogen) atoms. The predicted octanol–water partition coefficient (Wildman–Crippen LogP) is 3.69. The molecule has 0 atom stereocenters. The fourth-order valence-electron chi connectivity index (χ4n) is 2.59. The van der Waals surface area contributed by atoms with E-state index in [1.807, 2.05) is 12.1 Å². The Morgan fingerprint density at radius 3 is 2.15 bits per heavy atom. The van der Waals surface area contributed by atoms with Crippen LogP contribution in [0.3, 0.4) is 0 Å². The number of carbonyl (C=O) groups excluding carboxylic acids is 1. The average molecular weight is 410 g/mol. The quantitative estimate of drug-likeness (QED) is 0.757. The molecule has 0 heterocycles. The van der Waals surface area contributed by atoms with Crippen molar-refractivity contribution in [1.29, 1.82) is 0 Å². The molecule has 1 amide bonds. The van der Waals surface area contributed by atoms with Crippen molar-refractivity contribution in [3.63, 3.8) is 0 Å². The van der Waals surface area contributed by atoms with E-state index in [1.54, 1.807) is 12.1 Å². The summed E-state index contributed by atoms with van der Waals surface area (Å²) in [5, 5.41) is 2.94. The Hall–Kier alpha value is -2.09. The summed E-state index contributed by atoms with van der Waals surface area (Å²) in [5.74, 6) is -0.466. The van der Waals surface area contributed by atoms with E-state index in [1.165, 1.54) is 32.3 Å². The van der Waals surface area contributed by atoms with Crippen LogP contribution in [-0.4, -0.2) is 45.8 Å². The van der Waals surface area contributed by atoms with Crippen LogP contribution in [0.1, 0.15) is 24.2 Å². The van der Waals surface area contributed by atoms with Crippen LogP contribution >= 0.6 is 11.6 Å². The van der Waals surface area contributed by atoms with Gasteiger partial charge >= 0.3 is 0 Å². The molecule has 0 spiro atoms. The second-order valence-corrected chi connectivity index (χ2v) is 8.66. The zero-order chi connectivity index (χ0) is 20.2. The van der Waals surface area contributed by atoms with Crippen molar-refractivity contribution in [2.45, 2.75) is 18.7 Å². The van der Waals surface area contributed by atoms with E-state index < -0.39 is 15.9 Å². The number of halogens is 1. The molecule has 0 bridgehead atoms. The average Bonchev–Trinajstić information content (AvgIpc) is 2.64. The van der Waals surface area contributed by atoms with Crippen LogP contribution in [0.15, 0.2) is 47.4 Å². The van der Waals surface area contributed by atoms with E-state index >= 15 is 0 Å². The van der Waals surface area contributed by atoms with Crippen LogP contribution in [0, 0.1) is 0 Å². The van der Waals surface area contributed by atoms with Crippen molar-refractivity contribution < 1.29 is 13.2 Å².